The van der Waals surface area contributed by atoms with Crippen molar-refractivity contribution in [2.24, 2.45) is 5.92 Å². The zero-order valence-corrected chi connectivity index (χ0v) is 12.0. The van der Waals surface area contributed by atoms with Gasteiger partial charge in [-0.15, -0.1) is 0 Å². The third-order valence-corrected chi connectivity index (χ3v) is 4.61. The first-order valence-electron chi connectivity index (χ1n) is 7.65. The molecule has 1 fully saturated rings. The summed E-state index contributed by atoms with van der Waals surface area (Å²) in [5.74, 6) is -0.619. The van der Waals surface area contributed by atoms with Crippen LogP contribution in [0.15, 0.2) is 12.3 Å². The van der Waals surface area contributed by atoms with Crippen LogP contribution in [-0.4, -0.2) is 33.4 Å². The Morgan fingerprint density at radius 3 is 2.71 bits per heavy atom. The van der Waals surface area contributed by atoms with Gasteiger partial charge in [-0.3, -0.25) is 9.78 Å². The number of fused-ring (bicyclic) bond motifs is 1. The number of carboxylic acid groups (broad SMARTS) is 1. The Bertz CT molecular complexity index is 565. The summed E-state index contributed by atoms with van der Waals surface area (Å²) in [6, 6.07) is 1.52. The second kappa shape index (κ2) is 5.84. The number of carbonyl (C=O) groups excluding carboxylic acids is 1. The number of rotatable bonds is 2. The van der Waals surface area contributed by atoms with E-state index in [0.717, 1.165) is 31.4 Å². The molecule has 1 aromatic heterocycles. The van der Waals surface area contributed by atoms with E-state index in [9.17, 15) is 14.7 Å². The average molecular weight is 288 g/mol. The predicted molar refractivity (Wildman–Crippen MR) is 76.9 cm³/mol. The van der Waals surface area contributed by atoms with E-state index in [4.69, 9.17) is 0 Å². The fourth-order valence-electron chi connectivity index (χ4n) is 3.43. The molecule has 0 aromatic carbocycles. The van der Waals surface area contributed by atoms with Gasteiger partial charge in [-0.25, -0.2) is 4.79 Å². The first-order chi connectivity index (χ1) is 10.2. The largest absolute Gasteiger partial charge is 0.478 e. The molecule has 1 aliphatic carbocycles. The highest BCUT2D eigenvalue weighted by molar-refractivity contribution is 5.90. The molecule has 0 spiro atoms. The lowest BCUT2D eigenvalue weighted by Crippen LogP contribution is -2.41. The van der Waals surface area contributed by atoms with Gasteiger partial charge in [-0.2, -0.15) is 0 Å². The van der Waals surface area contributed by atoms with Crippen LogP contribution in [-0.2, 0) is 17.8 Å². The van der Waals surface area contributed by atoms with Gasteiger partial charge in [0.2, 0.25) is 5.91 Å². The summed E-state index contributed by atoms with van der Waals surface area (Å²) >= 11 is 0. The number of hydrogen-bond donors (Lipinski definition) is 1. The molecule has 0 saturated heterocycles. The Labute approximate surface area is 124 Å². The number of carboxylic acids is 1. The zero-order chi connectivity index (χ0) is 14.8. The van der Waals surface area contributed by atoms with Crippen molar-refractivity contribution < 1.29 is 14.7 Å². The van der Waals surface area contributed by atoms with Crippen LogP contribution in [0, 0.1) is 5.92 Å². The van der Waals surface area contributed by atoms with Crippen LogP contribution < -0.4 is 0 Å². The Morgan fingerprint density at radius 1 is 1.24 bits per heavy atom. The van der Waals surface area contributed by atoms with Gasteiger partial charge in [-0.05, 0) is 18.9 Å². The molecule has 5 nitrogen and oxygen atoms in total. The fourth-order valence-corrected chi connectivity index (χ4v) is 3.43. The van der Waals surface area contributed by atoms with E-state index in [1.54, 1.807) is 6.20 Å². The SMILES string of the molecule is O=C(O)c1ccnc2c1CN(C(=O)C1CCCCC1)CC2. The molecule has 0 unspecified atom stereocenters. The maximum atomic E-state index is 12.6. The molecule has 1 aliphatic heterocycles. The zero-order valence-electron chi connectivity index (χ0n) is 12.0. The van der Waals surface area contributed by atoms with E-state index in [0.29, 0.717) is 25.1 Å². The molecule has 5 heteroatoms. The number of carbonyl (C=O) groups is 2. The summed E-state index contributed by atoms with van der Waals surface area (Å²) < 4.78 is 0. The van der Waals surface area contributed by atoms with Gasteiger partial charge in [0, 0.05) is 42.9 Å². The minimum atomic E-state index is -0.944. The monoisotopic (exact) mass is 288 g/mol. The molecule has 1 N–H and O–H groups in total. The van der Waals surface area contributed by atoms with Crippen molar-refractivity contribution in [1.29, 1.82) is 0 Å². The van der Waals surface area contributed by atoms with Crippen LogP contribution in [0.5, 0.6) is 0 Å². The molecule has 1 amide bonds. The number of pyridine rings is 1. The van der Waals surface area contributed by atoms with Gasteiger partial charge in [0.05, 0.1) is 5.56 Å². The van der Waals surface area contributed by atoms with E-state index in [2.05, 4.69) is 4.98 Å². The molecule has 112 valence electrons. The highest BCUT2D eigenvalue weighted by Crippen LogP contribution is 2.28. The van der Waals surface area contributed by atoms with E-state index in [-0.39, 0.29) is 17.4 Å². The predicted octanol–water partition coefficient (Wildman–Crippen LogP) is 2.24. The average Bonchev–Trinajstić information content (AvgIpc) is 2.53. The van der Waals surface area contributed by atoms with Crippen molar-refractivity contribution >= 4 is 11.9 Å². The summed E-state index contributed by atoms with van der Waals surface area (Å²) in [6.07, 6.45) is 7.61. The van der Waals surface area contributed by atoms with E-state index in [1.165, 1.54) is 12.5 Å². The van der Waals surface area contributed by atoms with Gasteiger partial charge in [0.15, 0.2) is 0 Å². The molecule has 0 atom stereocenters. The third kappa shape index (κ3) is 2.77. The smallest absolute Gasteiger partial charge is 0.336 e. The highest BCUT2D eigenvalue weighted by Gasteiger charge is 2.30. The minimum Gasteiger partial charge on any atom is -0.478 e. The van der Waals surface area contributed by atoms with Gasteiger partial charge in [0.25, 0.3) is 0 Å². The first kappa shape index (κ1) is 14.0. The van der Waals surface area contributed by atoms with Gasteiger partial charge >= 0.3 is 5.97 Å². The molecule has 21 heavy (non-hydrogen) atoms. The molecular weight excluding hydrogens is 268 g/mol. The Balaban J connectivity index is 1.80. The van der Waals surface area contributed by atoms with Crippen LogP contribution >= 0.6 is 0 Å². The number of aromatic nitrogens is 1. The molecule has 0 bridgehead atoms. The summed E-state index contributed by atoms with van der Waals surface area (Å²) in [5.41, 5.74) is 1.81. The Morgan fingerprint density at radius 2 is 2.00 bits per heavy atom. The highest BCUT2D eigenvalue weighted by atomic mass is 16.4. The van der Waals surface area contributed by atoms with Crippen LogP contribution in [0.1, 0.15) is 53.7 Å². The van der Waals surface area contributed by atoms with Crippen molar-refractivity contribution in [2.45, 2.75) is 45.1 Å². The lowest BCUT2D eigenvalue weighted by molar-refractivity contribution is -0.137. The Kier molecular flexibility index (Phi) is 3.90. The third-order valence-electron chi connectivity index (χ3n) is 4.61. The maximum Gasteiger partial charge on any atom is 0.336 e. The molecule has 3 rings (SSSR count). The van der Waals surface area contributed by atoms with E-state index < -0.39 is 5.97 Å². The molecule has 1 aromatic rings. The maximum absolute atomic E-state index is 12.6. The van der Waals surface area contributed by atoms with Gasteiger partial charge < -0.3 is 10.0 Å². The summed E-state index contributed by atoms with van der Waals surface area (Å²) in [5, 5.41) is 9.28. The summed E-state index contributed by atoms with van der Waals surface area (Å²) in [4.78, 5) is 30.0. The van der Waals surface area contributed by atoms with Crippen molar-refractivity contribution in [3.05, 3.63) is 29.1 Å². The second-order valence-corrected chi connectivity index (χ2v) is 5.93. The number of hydrogen-bond acceptors (Lipinski definition) is 3. The molecular formula is C16H20N2O3. The van der Waals surface area contributed by atoms with Crippen LogP contribution in [0.2, 0.25) is 0 Å². The quantitative estimate of drug-likeness (QED) is 0.906. The second-order valence-electron chi connectivity index (χ2n) is 5.93. The fraction of sp³-hybridized carbons (Fsp3) is 0.562. The molecule has 2 aliphatic rings. The van der Waals surface area contributed by atoms with Crippen molar-refractivity contribution in [3.8, 4) is 0 Å². The molecule has 0 radical (unpaired) electrons. The van der Waals surface area contributed by atoms with Crippen molar-refractivity contribution in [3.63, 3.8) is 0 Å². The van der Waals surface area contributed by atoms with Gasteiger partial charge in [-0.1, -0.05) is 19.3 Å². The van der Waals surface area contributed by atoms with Gasteiger partial charge in [0.1, 0.15) is 0 Å². The normalized spacial score (nSPS) is 19.1. The van der Waals surface area contributed by atoms with Crippen LogP contribution in [0.25, 0.3) is 0 Å². The molecule has 2 heterocycles. The minimum absolute atomic E-state index is 0.130. The van der Waals surface area contributed by atoms with E-state index in [1.807, 2.05) is 4.90 Å². The summed E-state index contributed by atoms with van der Waals surface area (Å²) in [6.45, 7) is 1.04. The molecule has 1 saturated carbocycles. The Hall–Kier alpha value is -1.91. The van der Waals surface area contributed by atoms with Crippen LogP contribution in [0.3, 0.4) is 0 Å². The van der Waals surface area contributed by atoms with Crippen LogP contribution in [0.4, 0.5) is 0 Å². The lowest BCUT2D eigenvalue weighted by atomic mass is 9.87. The number of aromatic carboxylic acids is 1. The number of amides is 1. The standard InChI is InChI=1S/C16H20N2O3/c19-15(11-4-2-1-3-5-11)18-9-7-14-13(10-18)12(16(20)21)6-8-17-14/h6,8,11H,1-5,7,9-10H2,(H,20,21). The van der Waals surface area contributed by atoms with Crippen molar-refractivity contribution in [2.75, 3.05) is 6.54 Å². The first-order valence-corrected chi connectivity index (χ1v) is 7.65. The summed E-state index contributed by atoms with van der Waals surface area (Å²) in [7, 11) is 0. The topological polar surface area (TPSA) is 70.5 Å². The van der Waals surface area contributed by atoms with E-state index >= 15 is 0 Å². The lowest BCUT2D eigenvalue weighted by Gasteiger charge is -2.33. The van der Waals surface area contributed by atoms with Crippen molar-refractivity contribution in [1.82, 2.24) is 9.88 Å². The number of nitrogens with zero attached hydrogens (tertiary/aromatic N) is 2.